The van der Waals surface area contributed by atoms with Crippen molar-refractivity contribution in [2.45, 2.75) is 11.8 Å². The average molecular weight is 212 g/mol. The van der Waals surface area contributed by atoms with E-state index in [0.717, 1.165) is 10.6 Å². The van der Waals surface area contributed by atoms with Crippen molar-refractivity contribution in [3.05, 3.63) is 23.8 Å². The molecule has 4 heteroatoms. The highest BCUT2D eigenvalue weighted by Crippen LogP contribution is 2.25. The van der Waals surface area contributed by atoms with Crippen molar-refractivity contribution in [1.29, 1.82) is 0 Å². The smallest absolute Gasteiger partial charge is 0.335 e. The molecule has 0 unspecified atom stereocenters. The summed E-state index contributed by atoms with van der Waals surface area (Å²) < 4.78 is 5.02. The third-order valence-electron chi connectivity index (χ3n) is 1.67. The van der Waals surface area contributed by atoms with Gasteiger partial charge in [-0.25, -0.2) is 4.79 Å². The van der Waals surface area contributed by atoms with E-state index in [0.29, 0.717) is 5.75 Å². The highest BCUT2D eigenvalue weighted by molar-refractivity contribution is 7.99. The molecule has 14 heavy (non-hydrogen) atoms. The maximum absolute atomic E-state index is 10.8. The normalized spacial score (nSPS) is 9.86. The van der Waals surface area contributed by atoms with Gasteiger partial charge in [-0.1, -0.05) is 6.92 Å². The lowest BCUT2D eigenvalue weighted by Crippen LogP contribution is -1.97. The predicted molar refractivity (Wildman–Crippen MR) is 56.4 cm³/mol. The van der Waals surface area contributed by atoms with E-state index in [1.54, 1.807) is 17.8 Å². The maximum atomic E-state index is 10.8. The van der Waals surface area contributed by atoms with Gasteiger partial charge in [0.25, 0.3) is 0 Å². The number of rotatable bonds is 4. The minimum absolute atomic E-state index is 0.264. The lowest BCUT2D eigenvalue weighted by Gasteiger charge is -2.05. The van der Waals surface area contributed by atoms with Crippen molar-refractivity contribution < 1.29 is 14.6 Å². The van der Waals surface area contributed by atoms with Gasteiger partial charge in [-0.3, -0.25) is 0 Å². The van der Waals surface area contributed by atoms with E-state index in [2.05, 4.69) is 0 Å². The molecule has 1 aromatic rings. The van der Waals surface area contributed by atoms with Gasteiger partial charge in [0.2, 0.25) is 0 Å². The summed E-state index contributed by atoms with van der Waals surface area (Å²) in [5.74, 6) is 0.564. The topological polar surface area (TPSA) is 46.5 Å². The number of benzene rings is 1. The summed E-state index contributed by atoms with van der Waals surface area (Å²) in [6.07, 6.45) is 0. The van der Waals surface area contributed by atoms with Crippen LogP contribution in [0.1, 0.15) is 17.3 Å². The second kappa shape index (κ2) is 4.91. The average Bonchev–Trinajstić information content (AvgIpc) is 2.17. The van der Waals surface area contributed by atoms with Gasteiger partial charge >= 0.3 is 5.97 Å². The molecule has 0 aliphatic carbocycles. The van der Waals surface area contributed by atoms with Crippen molar-refractivity contribution >= 4 is 17.7 Å². The van der Waals surface area contributed by atoms with Crippen LogP contribution in [0.25, 0.3) is 0 Å². The third-order valence-corrected chi connectivity index (χ3v) is 2.53. The molecule has 0 heterocycles. The molecule has 0 bridgehead atoms. The number of ether oxygens (including phenoxy) is 1. The summed E-state index contributed by atoms with van der Waals surface area (Å²) in [6, 6.07) is 5.00. The van der Waals surface area contributed by atoms with Gasteiger partial charge in [0.1, 0.15) is 5.75 Å². The number of aromatic carboxylic acids is 1. The molecular formula is C10H12O3S. The van der Waals surface area contributed by atoms with E-state index < -0.39 is 5.97 Å². The van der Waals surface area contributed by atoms with Crippen molar-refractivity contribution in [2.75, 3.05) is 12.9 Å². The fraction of sp³-hybridized carbons (Fsp3) is 0.300. The lowest BCUT2D eigenvalue weighted by atomic mass is 10.2. The summed E-state index contributed by atoms with van der Waals surface area (Å²) in [4.78, 5) is 11.7. The third kappa shape index (κ3) is 2.67. The van der Waals surface area contributed by atoms with Crippen LogP contribution in [0.5, 0.6) is 5.75 Å². The Kier molecular flexibility index (Phi) is 3.83. The van der Waals surface area contributed by atoms with E-state index in [-0.39, 0.29) is 5.56 Å². The molecule has 0 saturated carbocycles. The van der Waals surface area contributed by atoms with Crippen LogP contribution in [0.4, 0.5) is 0 Å². The lowest BCUT2D eigenvalue weighted by molar-refractivity contribution is 0.0696. The van der Waals surface area contributed by atoms with Gasteiger partial charge in [0, 0.05) is 4.90 Å². The summed E-state index contributed by atoms with van der Waals surface area (Å²) in [5.41, 5.74) is 0.264. The van der Waals surface area contributed by atoms with Gasteiger partial charge in [-0.05, 0) is 24.0 Å². The second-order valence-corrected chi connectivity index (χ2v) is 3.97. The number of carbonyl (C=O) groups is 1. The van der Waals surface area contributed by atoms with Gasteiger partial charge in [0.15, 0.2) is 0 Å². The fourth-order valence-electron chi connectivity index (χ4n) is 1.06. The first kappa shape index (κ1) is 10.9. The van der Waals surface area contributed by atoms with Crippen LogP contribution in [-0.4, -0.2) is 23.9 Å². The van der Waals surface area contributed by atoms with Gasteiger partial charge < -0.3 is 9.84 Å². The molecule has 0 atom stereocenters. The molecule has 0 radical (unpaired) electrons. The summed E-state index contributed by atoms with van der Waals surface area (Å²) >= 11 is 1.59. The Bertz CT molecular complexity index is 336. The molecule has 1 N–H and O–H groups in total. The Morgan fingerprint density at radius 2 is 2.21 bits per heavy atom. The predicted octanol–water partition coefficient (Wildman–Crippen LogP) is 2.51. The molecule has 0 fully saturated rings. The molecule has 1 rings (SSSR count). The molecule has 1 aromatic carbocycles. The summed E-state index contributed by atoms with van der Waals surface area (Å²) in [5, 5.41) is 8.83. The summed E-state index contributed by atoms with van der Waals surface area (Å²) in [7, 11) is 1.53. The van der Waals surface area contributed by atoms with Crippen molar-refractivity contribution in [1.82, 2.24) is 0 Å². The largest absolute Gasteiger partial charge is 0.497 e. The first-order chi connectivity index (χ1) is 6.67. The first-order valence-corrected chi connectivity index (χ1v) is 5.21. The van der Waals surface area contributed by atoms with E-state index in [1.807, 2.05) is 13.0 Å². The van der Waals surface area contributed by atoms with Crippen LogP contribution in [0.2, 0.25) is 0 Å². The van der Waals surface area contributed by atoms with Crippen LogP contribution in [0.15, 0.2) is 23.1 Å². The van der Waals surface area contributed by atoms with Crippen LogP contribution >= 0.6 is 11.8 Å². The van der Waals surface area contributed by atoms with Crippen LogP contribution in [0, 0.1) is 0 Å². The highest BCUT2D eigenvalue weighted by atomic mass is 32.2. The number of thioether (sulfide) groups is 1. The van der Waals surface area contributed by atoms with E-state index in [4.69, 9.17) is 9.84 Å². The number of hydrogen-bond donors (Lipinski definition) is 1. The van der Waals surface area contributed by atoms with E-state index in [1.165, 1.54) is 13.2 Å². The first-order valence-electron chi connectivity index (χ1n) is 4.22. The van der Waals surface area contributed by atoms with Crippen molar-refractivity contribution in [2.24, 2.45) is 0 Å². The monoisotopic (exact) mass is 212 g/mol. The highest BCUT2D eigenvalue weighted by Gasteiger charge is 2.07. The Labute approximate surface area is 87.1 Å². The Hall–Kier alpha value is -1.16. The SMILES string of the molecule is CCSc1cc(OC)cc(C(=O)O)c1. The standard InChI is InChI=1S/C10H12O3S/c1-3-14-9-5-7(10(11)12)4-8(6-9)13-2/h4-6H,3H2,1-2H3,(H,11,12). The molecule has 0 spiro atoms. The fourth-order valence-corrected chi connectivity index (χ4v) is 1.81. The van der Waals surface area contributed by atoms with Gasteiger partial charge in [-0.15, -0.1) is 11.8 Å². The van der Waals surface area contributed by atoms with Gasteiger partial charge in [0.05, 0.1) is 12.7 Å². The minimum atomic E-state index is -0.929. The Morgan fingerprint density at radius 1 is 1.50 bits per heavy atom. The zero-order valence-electron chi connectivity index (χ0n) is 8.11. The van der Waals surface area contributed by atoms with Crippen LogP contribution < -0.4 is 4.74 Å². The molecule has 0 aromatic heterocycles. The molecule has 0 aliphatic rings. The zero-order valence-corrected chi connectivity index (χ0v) is 8.93. The number of hydrogen-bond acceptors (Lipinski definition) is 3. The molecule has 0 saturated heterocycles. The molecular weight excluding hydrogens is 200 g/mol. The van der Waals surface area contributed by atoms with E-state index in [9.17, 15) is 4.79 Å². The molecule has 3 nitrogen and oxygen atoms in total. The molecule has 76 valence electrons. The van der Waals surface area contributed by atoms with Gasteiger partial charge in [-0.2, -0.15) is 0 Å². The van der Waals surface area contributed by atoms with Crippen molar-refractivity contribution in [3.8, 4) is 5.75 Å². The number of carboxylic acids is 1. The zero-order chi connectivity index (χ0) is 10.6. The summed E-state index contributed by atoms with van der Waals surface area (Å²) in [6.45, 7) is 2.02. The van der Waals surface area contributed by atoms with Crippen molar-refractivity contribution in [3.63, 3.8) is 0 Å². The Morgan fingerprint density at radius 3 is 2.71 bits per heavy atom. The van der Waals surface area contributed by atoms with E-state index >= 15 is 0 Å². The van der Waals surface area contributed by atoms with Crippen LogP contribution in [-0.2, 0) is 0 Å². The maximum Gasteiger partial charge on any atom is 0.335 e. The van der Waals surface area contributed by atoms with Crippen LogP contribution in [0.3, 0.4) is 0 Å². The quantitative estimate of drug-likeness (QED) is 0.779. The molecule has 0 amide bonds. The minimum Gasteiger partial charge on any atom is -0.497 e. The number of methoxy groups -OCH3 is 1. The number of carboxylic acid groups (broad SMARTS) is 1. The second-order valence-electron chi connectivity index (χ2n) is 2.64. The Balaban J connectivity index is 3.06. The molecule has 0 aliphatic heterocycles.